The summed E-state index contributed by atoms with van der Waals surface area (Å²) in [5.41, 5.74) is 16.4. The number of aliphatic carboxylic acids is 1. The smallest absolute Gasteiger partial charge is 0.328 e. The van der Waals surface area contributed by atoms with Gasteiger partial charge in [-0.05, 0) is 45.1 Å². The summed E-state index contributed by atoms with van der Waals surface area (Å²) in [5.74, 6) is -2.85. The molecule has 0 fully saturated rings. The number of guanidine groups is 1. The standard InChI is InChI=1S/C18H35N7O6S/c1-9(14(27)25-13(10(2)26)17(30)31)23-16(29)12(5-4-7-22-18(20)21)24-15(28)11(19)6-8-32-3/h9-13,26H,4-8,19H2,1-3H3,(H,23,29)(H,24,28)(H,25,27)(H,30,31)(H4,20,21,22). The van der Waals surface area contributed by atoms with Gasteiger partial charge in [-0.2, -0.15) is 11.8 Å². The van der Waals surface area contributed by atoms with Crippen LogP contribution >= 0.6 is 11.8 Å². The van der Waals surface area contributed by atoms with Gasteiger partial charge in [0.25, 0.3) is 0 Å². The Bertz CT molecular complexity index is 672. The van der Waals surface area contributed by atoms with Crippen LogP contribution in [0.1, 0.15) is 33.1 Å². The third kappa shape index (κ3) is 11.7. The molecule has 5 atom stereocenters. The Morgan fingerprint density at radius 3 is 2.12 bits per heavy atom. The number of amides is 3. The van der Waals surface area contributed by atoms with Crippen LogP contribution in [0, 0.1) is 0 Å². The number of aliphatic hydroxyl groups excluding tert-OH is 1. The fourth-order valence-electron chi connectivity index (χ4n) is 2.47. The van der Waals surface area contributed by atoms with Crippen molar-refractivity contribution in [3.05, 3.63) is 0 Å². The van der Waals surface area contributed by atoms with E-state index in [0.717, 1.165) is 0 Å². The van der Waals surface area contributed by atoms with E-state index in [2.05, 4.69) is 20.9 Å². The maximum absolute atomic E-state index is 12.7. The molecule has 0 aromatic rings. The van der Waals surface area contributed by atoms with Gasteiger partial charge in [0.15, 0.2) is 12.0 Å². The number of aliphatic hydroxyl groups is 1. The summed E-state index contributed by atoms with van der Waals surface area (Å²) in [6, 6.07) is -4.49. The summed E-state index contributed by atoms with van der Waals surface area (Å²) in [4.78, 5) is 52.3. The van der Waals surface area contributed by atoms with Crippen LogP contribution in [-0.2, 0) is 19.2 Å². The van der Waals surface area contributed by atoms with Crippen molar-refractivity contribution in [1.82, 2.24) is 16.0 Å². The molecule has 13 nitrogen and oxygen atoms in total. The molecule has 0 aliphatic heterocycles. The van der Waals surface area contributed by atoms with Crippen molar-refractivity contribution in [2.45, 2.75) is 63.4 Å². The number of rotatable bonds is 15. The summed E-state index contributed by atoms with van der Waals surface area (Å²) in [5, 5.41) is 25.7. The van der Waals surface area contributed by atoms with Gasteiger partial charge in [0.05, 0.1) is 12.1 Å². The maximum Gasteiger partial charge on any atom is 0.328 e. The third-order valence-electron chi connectivity index (χ3n) is 4.35. The Morgan fingerprint density at radius 2 is 1.62 bits per heavy atom. The van der Waals surface area contributed by atoms with Gasteiger partial charge in [-0.25, -0.2) is 4.79 Å². The molecule has 0 rings (SSSR count). The van der Waals surface area contributed by atoms with Crippen LogP contribution < -0.4 is 33.2 Å². The summed E-state index contributed by atoms with van der Waals surface area (Å²) in [6.07, 6.45) is 1.49. The number of carbonyl (C=O) groups excluding carboxylic acids is 3. The lowest BCUT2D eigenvalue weighted by Crippen LogP contribution is -2.57. The van der Waals surface area contributed by atoms with Crippen molar-refractivity contribution in [3.8, 4) is 0 Å². The van der Waals surface area contributed by atoms with E-state index in [-0.39, 0.29) is 18.9 Å². The molecule has 3 amide bonds. The number of nitrogens with two attached hydrogens (primary N) is 3. The molecule has 0 saturated carbocycles. The average Bonchev–Trinajstić information content (AvgIpc) is 2.70. The molecule has 0 aromatic carbocycles. The number of carboxylic acid groups (broad SMARTS) is 1. The van der Waals surface area contributed by atoms with Crippen LogP contribution in [0.5, 0.6) is 0 Å². The second-order valence-electron chi connectivity index (χ2n) is 7.19. The predicted octanol–water partition coefficient (Wildman–Crippen LogP) is -2.94. The van der Waals surface area contributed by atoms with Gasteiger partial charge < -0.3 is 43.4 Å². The number of hydrogen-bond acceptors (Lipinski definition) is 8. The number of aliphatic imine (C=N–C) groups is 1. The van der Waals surface area contributed by atoms with Crippen molar-refractivity contribution >= 4 is 41.4 Å². The Hall–Kier alpha value is -2.58. The van der Waals surface area contributed by atoms with Crippen molar-refractivity contribution in [1.29, 1.82) is 0 Å². The Labute approximate surface area is 191 Å². The number of nitrogens with one attached hydrogen (secondary N) is 3. The molecule has 0 heterocycles. The van der Waals surface area contributed by atoms with Gasteiger partial charge in [0, 0.05) is 6.54 Å². The number of nitrogens with zero attached hydrogens (tertiary/aromatic N) is 1. The van der Waals surface area contributed by atoms with Crippen molar-refractivity contribution in [2.75, 3.05) is 18.6 Å². The highest BCUT2D eigenvalue weighted by atomic mass is 32.2. The Balaban J connectivity index is 5.14. The minimum Gasteiger partial charge on any atom is -0.480 e. The molecule has 0 bridgehead atoms. The first-order chi connectivity index (χ1) is 14.9. The van der Waals surface area contributed by atoms with Crippen molar-refractivity contribution in [2.24, 2.45) is 22.2 Å². The molecule has 0 aliphatic rings. The predicted molar refractivity (Wildman–Crippen MR) is 122 cm³/mol. The molecule has 0 spiro atoms. The van der Waals surface area contributed by atoms with Crippen molar-refractivity contribution < 1.29 is 29.4 Å². The normalized spacial score (nSPS) is 15.4. The van der Waals surface area contributed by atoms with E-state index in [1.54, 1.807) is 0 Å². The van der Waals surface area contributed by atoms with E-state index in [4.69, 9.17) is 22.3 Å². The summed E-state index contributed by atoms with van der Waals surface area (Å²) >= 11 is 1.53. The summed E-state index contributed by atoms with van der Waals surface area (Å²) in [7, 11) is 0. The molecule has 5 unspecified atom stereocenters. The van der Waals surface area contributed by atoms with Gasteiger partial charge in [-0.1, -0.05) is 0 Å². The molecule has 0 aliphatic carbocycles. The molecule has 14 heteroatoms. The monoisotopic (exact) mass is 477 g/mol. The molecular formula is C18H35N7O6S. The zero-order chi connectivity index (χ0) is 24.8. The lowest BCUT2D eigenvalue weighted by molar-refractivity contribution is -0.145. The molecule has 32 heavy (non-hydrogen) atoms. The maximum atomic E-state index is 12.7. The first kappa shape index (κ1) is 29.4. The topological polar surface area (TPSA) is 235 Å². The largest absolute Gasteiger partial charge is 0.480 e. The first-order valence-corrected chi connectivity index (χ1v) is 11.4. The minimum absolute atomic E-state index is 0.106. The van der Waals surface area contributed by atoms with Crippen LogP contribution in [0.4, 0.5) is 0 Å². The van der Waals surface area contributed by atoms with Gasteiger partial charge in [0.2, 0.25) is 17.7 Å². The molecule has 0 radical (unpaired) electrons. The van der Waals surface area contributed by atoms with Crippen LogP contribution in [0.2, 0.25) is 0 Å². The zero-order valence-electron chi connectivity index (χ0n) is 18.5. The van der Waals surface area contributed by atoms with Gasteiger partial charge in [-0.3, -0.25) is 19.4 Å². The van der Waals surface area contributed by atoms with Gasteiger partial charge in [-0.15, -0.1) is 0 Å². The van der Waals surface area contributed by atoms with E-state index < -0.39 is 54.0 Å². The molecule has 11 N–H and O–H groups in total. The summed E-state index contributed by atoms with van der Waals surface area (Å²) in [6.45, 7) is 2.78. The Morgan fingerprint density at radius 1 is 1.00 bits per heavy atom. The zero-order valence-corrected chi connectivity index (χ0v) is 19.4. The Kier molecular flexibility index (Phi) is 14.0. The van der Waals surface area contributed by atoms with E-state index in [0.29, 0.717) is 18.6 Å². The second-order valence-corrected chi connectivity index (χ2v) is 8.18. The summed E-state index contributed by atoms with van der Waals surface area (Å²) < 4.78 is 0. The molecule has 0 aromatic heterocycles. The van der Waals surface area contributed by atoms with E-state index >= 15 is 0 Å². The van der Waals surface area contributed by atoms with Gasteiger partial charge >= 0.3 is 5.97 Å². The quantitative estimate of drug-likeness (QED) is 0.0678. The SMILES string of the molecule is CSCCC(N)C(=O)NC(CCCN=C(N)N)C(=O)NC(C)C(=O)NC(C(=O)O)C(C)O. The fourth-order valence-corrected chi connectivity index (χ4v) is 2.96. The van der Waals surface area contributed by atoms with Crippen LogP contribution in [0.3, 0.4) is 0 Å². The lowest BCUT2D eigenvalue weighted by Gasteiger charge is -2.24. The van der Waals surface area contributed by atoms with Crippen molar-refractivity contribution in [3.63, 3.8) is 0 Å². The second kappa shape index (κ2) is 15.3. The molecule has 184 valence electrons. The average molecular weight is 478 g/mol. The molecular weight excluding hydrogens is 442 g/mol. The highest BCUT2D eigenvalue weighted by molar-refractivity contribution is 7.98. The van der Waals surface area contributed by atoms with E-state index in [9.17, 15) is 24.3 Å². The fraction of sp³-hybridized carbons (Fsp3) is 0.722. The van der Waals surface area contributed by atoms with Crippen LogP contribution in [-0.4, -0.2) is 88.7 Å². The van der Waals surface area contributed by atoms with Crippen LogP contribution in [0.25, 0.3) is 0 Å². The lowest BCUT2D eigenvalue weighted by atomic mass is 10.1. The highest BCUT2D eigenvalue weighted by Crippen LogP contribution is 2.04. The highest BCUT2D eigenvalue weighted by Gasteiger charge is 2.29. The number of carbonyl (C=O) groups is 4. The third-order valence-corrected chi connectivity index (χ3v) is 4.99. The number of carboxylic acids is 1. The minimum atomic E-state index is -1.54. The van der Waals surface area contributed by atoms with Crippen LogP contribution in [0.15, 0.2) is 4.99 Å². The number of hydrogen-bond donors (Lipinski definition) is 8. The van der Waals surface area contributed by atoms with Gasteiger partial charge in [0.1, 0.15) is 12.1 Å². The van der Waals surface area contributed by atoms with E-state index in [1.165, 1.54) is 25.6 Å². The molecule has 0 saturated heterocycles. The number of thioether (sulfide) groups is 1. The van der Waals surface area contributed by atoms with E-state index in [1.807, 2.05) is 6.26 Å². The first-order valence-electron chi connectivity index (χ1n) is 10.0.